The van der Waals surface area contributed by atoms with Crippen LogP contribution < -0.4 is 10.2 Å². The quantitative estimate of drug-likeness (QED) is 0.520. The summed E-state index contributed by atoms with van der Waals surface area (Å²) in [4.78, 5) is 18.6. The second kappa shape index (κ2) is 10.4. The Labute approximate surface area is 206 Å². The number of aromatic amines is 1. The summed E-state index contributed by atoms with van der Waals surface area (Å²) in [6.45, 7) is 3.66. The van der Waals surface area contributed by atoms with Crippen molar-refractivity contribution in [3.63, 3.8) is 0 Å². The number of H-pyrrole nitrogens is 1. The number of nitrogens with one attached hydrogen (secondary N) is 2. The highest BCUT2D eigenvalue weighted by Crippen LogP contribution is 2.32. The third-order valence-corrected chi connectivity index (χ3v) is 8.74. The first-order valence-corrected chi connectivity index (χ1v) is 13.8. The molecule has 3 aromatic rings. The summed E-state index contributed by atoms with van der Waals surface area (Å²) in [6.07, 6.45) is 5.65. The van der Waals surface area contributed by atoms with Gasteiger partial charge in [0.2, 0.25) is 15.9 Å². The summed E-state index contributed by atoms with van der Waals surface area (Å²) in [5, 5.41) is 4.13. The first-order chi connectivity index (χ1) is 17.0. The largest absolute Gasteiger partial charge is 0.378 e. The van der Waals surface area contributed by atoms with Gasteiger partial charge in [-0.15, -0.1) is 0 Å². The number of sulfonamides is 1. The van der Waals surface area contributed by atoms with Crippen molar-refractivity contribution in [2.45, 2.75) is 37.0 Å². The van der Waals surface area contributed by atoms with Gasteiger partial charge in [-0.05, 0) is 49.1 Å². The number of fused-ring (bicyclic) bond motifs is 1. The Kier molecular flexibility index (Phi) is 7.08. The van der Waals surface area contributed by atoms with Gasteiger partial charge in [-0.2, -0.15) is 4.31 Å². The molecule has 0 saturated carbocycles. The molecule has 0 atom stereocenters. The number of morpholine rings is 1. The van der Waals surface area contributed by atoms with Crippen LogP contribution in [0, 0.1) is 0 Å². The monoisotopic (exact) mass is 496 g/mol. The summed E-state index contributed by atoms with van der Waals surface area (Å²) in [6, 6.07) is 13.1. The van der Waals surface area contributed by atoms with E-state index < -0.39 is 10.0 Å². The van der Waals surface area contributed by atoms with Crippen molar-refractivity contribution in [1.82, 2.24) is 9.29 Å². The third-order valence-electron chi connectivity index (χ3n) is 6.84. The number of carbonyl (C=O) groups excluding carboxylic acids is 1. The van der Waals surface area contributed by atoms with Crippen LogP contribution >= 0.6 is 0 Å². The molecule has 2 fully saturated rings. The molecule has 0 unspecified atom stereocenters. The van der Waals surface area contributed by atoms with E-state index in [0.29, 0.717) is 57.9 Å². The number of carbonyl (C=O) groups is 1. The Bertz CT molecular complexity index is 1290. The van der Waals surface area contributed by atoms with Crippen molar-refractivity contribution in [3.8, 4) is 0 Å². The fourth-order valence-corrected chi connectivity index (χ4v) is 6.45. The SMILES string of the molecule is O=C(CCc1c[nH]c2ccccc12)Nc1cc(S(=O)(=O)N2CCCCC2)ccc1N1CCOCC1. The number of para-hydroxylation sites is 1. The van der Waals surface area contributed by atoms with Crippen LogP contribution in [0.5, 0.6) is 0 Å². The molecule has 2 N–H and O–H groups in total. The molecular formula is C26H32N4O4S. The van der Waals surface area contributed by atoms with Gasteiger partial charge in [0.15, 0.2) is 0 Å². The highest BCUT2D eigenvalue weighted by atomic mass is 32.2. The fraction of sp³-hybridized carbons (Fsp3) is 0.423. The van der Waals surface area contributed by atoms with Gasteiger partial charge in [-0.25, -0.2) is 8.42 Å². The van der Waals surface area contributed by atoms with Crippen molar-refractivity contribution < 1.29 is 17.9 Å². The maximum Gasteiger partial charge on any atom is 0.243 e. The Morgan fingerprint density at radius 3 is 2.57 bits per heavy atom. The van der Waals surface area contributed by atoms with Crippen molar-refractivity contribution in [2.24, 2.45) is 0 Å². The Balaban J connectivity index is 1.37. The number of nitrogens with zero attached hydrogens (tertiary/aromatic N) is 2. The van der Waals surface area contributed by atoms with Gasteiger partial charge in [0.05, 0.1) is 29.5 Å². The molecule has 1 aromatic heterocycles. The molecule has 3 heterocycles. The molecule has 5 rings (SSSR count). The number of hydrogen-bond donors (Lipinski definition) is 2. The maximum absolute atomic E-state index is 13.3. The molecule has 2 aliphatic heterocycles. The van der Waals surface area contributed by atoms with E-state index in [2.05, 4.69) is 15.2 Å². The first kappa shape index (κ1) is 23.8. The second-order valence-corrected chi connectivity index (χ2v) is 11.1. The predicted octanol–water partition coefficient (Wildman–Crippen LogP) is 3.75. The number of piperidine rings is 1. The minimum absolute atomic E-state index is 0.141. The Hall–Kier alpha value is -2.88. The van der Waals surface area contributed by atoms with Crippen LogP contribution in [0.1, 0.15) is 31.2 Å². The van der Waals surface area contributed by atoms with Crippen LogP contribution in [0.25, 0.3) is 10.9 Å². The van der Waals surface area contributed by atoms with Crippen LogP contribution in [-0.4, -0.2) is 63.0 Å². The lowest BCUT2D eigenvalue weighted by Gasteiger charge is -2.31. The summed E-state index contributed by atoms with van der Waals surface area (Å²) < 4.78 is 33.6. The van der Waals surface area contributed by atoms with E-state index in [1.54, 1.807) is 16.4 Å². The highest BCUT2D eigenvalue weighted by molar-refractivity contribution is 7.89. The summed E-state index contributed by atoms with van der Waals surface area (Å²) in [5.74, 6) is -0.141. The van der Waals surface area contributed by atoms with E-state index >= 15 is 0 Å². The van der Waals surface area contributed by atoms with Crippen LogP contribution in [0.4, 0.5) is 11.4 Å². The number of aromatic nitrogens is 1. The molecule has 0 radical (unpaired) electrons. The van der Waals surface area contributed by atoms with Gasteiger partial charge >= 0.3 is 0 Å². The minimum Gasteiger partial charge on any atom is -0.378 e. The number of aryl methyl sites for hydroxylation is 1. The van der Waals surface area contributed by atoms with Gasteiger partial charge in [0, 0.05) is 49.7 Å². The number of hydrogen-bond acceptors (Lipinski definition) is 5. The van der Waals surface area contributed by atoms with Gasteiger partial charge < -0.3 is 19.9 Å². The average molecular weight is 497 g/mol. The molecule has 2 aromatic carbocycles. The highest BCUT2D eigenvalue weighted by Gasteiger charge is 2.27. The molecule has 9 heteroatoms. The van der Waals surface area contributed by atoms with Crippen LogP contribution in [0.3, 0.4) is 0 Å². The first-order valence-electron chi connectivity index (χ1n) is 12.3. The molecular weight excluding hydrogens is 464 g/mol. The molecule has 186 valence electrons. The number of anilines is 2. The summed E-state index contributed by atoms with van der Waals surface area (Å²) in [5.41, 5.74) is 3.50. The zero-order valence-corrected chi connectivity index (χ0v) is 20.6. The Morgan fingerprint density at radius 2 is 1.77 bits per heavy atom. The van der Waals surface area contributed by atoms with Crippen molar-refractivity contribution in [2.75, 3.05) is 49.6 Å². The van der Waals surface area contributed by atoms with Crippen molar-refractivity contribution in [1.29, 1.82) is 0 Å². The molecule has 0 aliphatic carbocycles. The number of rotatable bonds is 7. The van der Waals surface area contributed by atoms with Crippen LogP contribution in [-0.2, 0) is 26.0 Å². The molecule has 2 aliphatic rings. The zero-order valence-electron chi connectivity index (χ0n) is 19.8. The lowest BCUT2D eigenvalue weighted by atomic mass is 10.1. The number of ether oxygens (including phenoxy) is 1. The molecule has 0 spiro atoms. The second-order valence-electron chi connectivity index (χ2n) is 9.15. The zero-order chi connectivity index (χ0) is 24.3. The van der Waals surface area contributed by atoms with E-state index in [9.17, 15) is 13.2 Å². The summed E-state index contributed by atoms with van der Waals surface area (Å²) in [7, 11) is -3.61. The van der Waals surface area contributed by atoms with E-state index in [-0.39, 0.29) is 10.8 Å². The van der Waals surface area contributed by atoms with Crippen molar-refractivity contribution in [3.05, 3.63) is 54.2 Å². The maximum atomic E-state index is 13.3. The van der Waals surface area contributed by atoms with E-state index in [4.69, 9.17) is 4.74 Å². The molecule has 8 nitrogen and oxygen atoms in total. The van der Waals surface area contributed by atoms with E-state index in [0.717, 1.165) is 41.4 Å². The van der Waals surface area contributed by atoms with Crippen molar-refractivity contribution >= 4 is 38.2 Å². The minimum atomic E-state index is -3.61. The topological polar surface area (TPSA) is 94.7 Å². The predicted molar refractivity (Wildman–Crippen MR) is 137 cm³/mol. The lowest BCUT2D eigenvalue weighted by molar-refractivity contribution is -0.116. The number of benzene rings is 2. The van der Waals surface area contributed by atoms with E-state index in [1.807, 2.05) is 36.5 Å². The fourth-order valence-electron chi connectivity index (χ4n) is 4.91. The number of amides is 1. The van der Waals surface area contributed by atoms with Gasteiger partial charge in [0.1, 0.15) is 0 Å². The third kappa shape index (κ3) is 5.22. The standard InChI is InChI=1S/C26H32N4O4S/c31-26(11-8-20-19-27-23-7-3-2-6-22(20)23)28-24-18-21(35(32,33)30-12-4-1-5-13-30)9-10-25(24)29-14-16-34-17-15-29/h2-3,6-7,9-10,18-19,27H,1,4-5,8,11-17H2,(H,28,31). The molecule has 2 saturated heterocycles. The smallest absolute Gasteiger partial charge is 0.243 e. The van der Waals surface area contributed by atoms with Gasteiger partial charge in [-0.3, -0.25) is 4.79 Å². The summed E-state index contributed by atoms with van der Waals surface area (Å²) >= 11 is 0. The molecule has 35 heavy (non-hydrogen) atoms. The normalized spacial score (nSPS) is 17.5. The van der Waals surface area contributed by atoms with E-state index in [1.165, 1.54) is 0 Å². The van der Waals surface area contributed by atoms with Crippen LogP contribution in [0.15, 0.2) is 53.6 Å². The molecule has 0 bridgehead atoms. The van der Waals surface area contributed by atoms with Gasteiger partial charge in [-0.1, -0.05) is 24.6 Å². The Morgan fingerprint density at radius 1 is 1.00 bits per heavy atom. The van der Waals surface area contributed by atoms with Gasteiger partial charge in [0.25, 0.3) is 0 Å². The van der Waals surface area contributed by atoms with Crippen LogP contribution in [0.2, 0.25) is 0 Å². The lowest BCUT2D eigenvalue weighted by Crippen LogP contribution is -2.37. The molecule has 1 amide bonds. The average Bonchev–Trinajstić information content (AvgIpc) is 3.31.